The van der Waals surface area contributed by atoms with Crippen LogP contribution in [-0.2, 0) is 0 Å². The first kappa shape index (κ1) is 11.7. The van der Waals surface area contributed by atoms with Crippen LogP contribution in [0.25, 0.3) is 16.6 Å². The molecule has 0 saturated carbocycles. The second kappa shape index (κ2) is 4.45. The molecule has 0 aliphatic carbocycles. The van der Waals surface area contributed by atoms with Gasteiger partial charge in [0.05, 0.1) is 5.69 Å². The third kappa shape index (κ3) is 2.02. The van der Waals surface area contributed by atoms with Gasteiger partial charge in [-0.2, -0.15) is 0 Å². The van der Waals surface area contributed by atoms with Crippen molar-refractivity contribution in [1.82, 2.24) is 19.6 Å². The van der Waals surface area contributed by atoms with Gasteiger partial charge >= 0.3 is 0 Å². The molecule has 0 aliphatic rings. The van der Waals surface area contributed by atoms with Crippen LogP contribution in [0.4, 0.5) is 5.69 Å². The van der Waals surface area contributed by atoms with Crippen molar-refractivity contribution >= 4 is 28.1 Å². The maximum atomic E-state index is 12.3. The lowest BCUT2D eigenvalue weighted by Crippen LogP contribution is -2.12. The van der Waals surface area contributed by atoms with Crippen molar-refractivity contribution in [2.75, 3.05) is 5.32 Å². The summed E-state index contributed by atoms with van der Waals surface area (Å²) in [6.07, 6.45) is 5.22. The molecule has 0 aliphatic heterocycles. The van der Waals surface area contributed by atoms with E-state index in [9.17, 15) is 4.79 Å². The van der Waals surface area contributed by atoms with Crippen LogP contribution in [0.2, 0.25) is 0 Å². The smallest absolute Gasteiger partial charge is 0.255 e. The monoisotopic (exact) mass is 277 g/mol. The summed E-state index contributed by atoms with van der Waals surface area (Å²) in [7, 11) is 0. The Morgan fingerprint density at radius 2 is 2.14 bits per heavy atom. The highest BCUT2D eigenvalue weighted by Gasteiger charge is 2.08. The van der Waals surface area contributed by atoms with Crippen LogP contribution < -0.4 is 5.32 Å². The third-order valence-corrected chi connectivity index (χ3v) is 3.37. The van der Waals surface area contributed by atoms with Gasteiger partial charge in [-0.05, 0) is 35.7 Å². The third-order valence-electron chi connectivity index (χ3n) is 3.37. The number of aromatic nitrogens is 4. The van der Waals surface area contributed by atoms with Crippen LogP contribution in [0, 0.1) is 0 Å². The van der Waals surface area contributed by atoms with E-state index in [2.05, 4.69) is 20.5 Å². The Morgan fingerprint density at radius 1 is 1.19 bits per heavy atom. The van der Waals surface area contributed by atoms with Crippen LogP contribution in [0.15, 0.2) is 55.1 Å². The molecular weight excluding hydrogens is 266 g/mol. The molecule has 2 N–H and O–H groups in total. The number of hydrogen-bond donors (Lipinski definition) is 2. The van der Waals surface area contributed by atoms with E-state index >= 15 is 0 Å². The standard InChI is InChI=1S/C15H11N5O/c21-15(11-2-1-10-5-6-16-13(10)7-11)18-12-3-4-14-19-17-9-20(14)8-12/h1-9,16H,(H,18,21). The highest BCUT2D eigenvalue weighted by Crippen LogP contribution is 2.16. The zero-order chi connectivity index (χ0) is 14.2. The van der Waals surface area contributed by atoms with Gasteiger partial charge in [0.25, 0.3) is 5.91 Å². The number of carbonyl (C=O) groups is 1. The Labute approximate surface area is 119 Å². The van der Waals surface area contributed by atoms with Gasteiger partial charge in [-0.15, -0.1) is 10.2 Å². The number of carbonyl (C=O) groups excluding carboxylic acids is 1. The summed E-state index contributed by atoms with van der Waals surface area (Å²) in [4.78, 5) is 15.4. The van der Waals surface area contributed by atoms with E-state index in [0.717, 1.165) is 16.6 Å². The van der Waals surface area contributed by atoms with Gasteiger partial charge in [0.2, 0.25) is 0 Å². The first-order valence-corrected chi connectivity index (χ1v) is 6.47. The Hall–Kier alpha value is -3.15. The van der Waals surface area contributed by atoms with Crippen molar-refractivity contribution in [3.8, 4) is 0 Å². The number of rotatable bonds is 2. The van der Waals surface area contributed by atoms with E-state index in [1.54, 1.807) is 29.1 Å². The molecule has 4 rings (SSSR count). The number of aromatic amines is 1. The molecule has 6 nitrogen and oxygen atoms in total. The van der Waals surface area contributed by atoms with Gasteiger partial charge in [0.15, 0.2) is 5.65 Å². The fourth-order valence-corrected chi connectivity index (χ4v) is 2.29. The molecule has 0 bridgehead atoms. The first-order valence-electron chi connectivity index (χ1n) is 6.47. The van der Waals surface area contributed by atoms with Crippen LogP contribution in [0.5, 0.6) is 0 Å². The van der Waals surface area contributed by atoms with Gasteiger partial charge in [-0.3, -0.25) is 9.20 Å². The van der Waals surface area contributed by atoms with Crippen LogP contribution in [0.3, 0.4) is 0 Å². The molecule has 1 amide bonds. The summed E-state index contributed by atoms with van der Waals surface area (Å²) in [5.74, 6) is -0.154. The minimum Gasteiger partial charge on any atom is -0.361 e. The zero-order valence-corrected chi connectivity index (χ0v) is 10.9. The van der Waals surface area contributed by atoms with Gasteiger partial charge in [-0.25, -0.2) is 0 Å². The molecule has 0 saturated heterocycles. The summed E-state index contributed by atoms with van der Waals surface area (Å²) in [5.41, 5.74) is 2.98. The molecule has 3 aromatic heterocycles. The average Bonchev–Trinajstić information content (AvgIpc) is 3.14. The molecule has 0 atom stereocenters. The van der Waals surface area contributed by atoms with E-state index in [0.29, 0.717) is 11.3 Å². The second-order valence-corrected chi connectivity index (χ2v) is 4.75. The Balaban J connectivity index is 1.64. The quantitative estimate of drug-likeness (QED) is 0.591. The average molecular weight is 277 g/mol. The van der Waals surface area contributed by atoms with Crippen molar-refractivity contribution in [2.24, 2.45) is 0 Å². The molecule has 1 aromatic carbocycles. The number of fused-ring (bicyclic) bond motifs is 2. The molecule has 21 heavy (non-hydrogen) atoms. The predicted molar refractivity (Wildman–Crippen MR) is 79.2 cm³/mol. The maximum absolute atomic E-state index is 12.3. The van der Waals surface area contributed by atoms with E-state index in [4.69, 9.17) is 0 Å². The van der Waals surface area contributed by atoms with Crippen LogP contribution >= 0.6 is 0 Å². The molecule has 0 fully saturated rings. The number of nitrogens with one attached hydrogen (secondary N) is 2. The summed E-state index contributed by atoms with van der Waals surface area (Å²) in [6.45, 7) is 0. The SMILES string of the molecule is O=C(Nc1ccc2nncn2c1)c1ccc2cc[nH]c2c1. The highest BCUT2D eigenvalue weighted by molar-refractivity contribution is 6.06. The minimum atomic E-state index is -0.154. The fraction of sp³-hybridized carbons (Fsp3) is 0. The fourth-order valence-electron chi connectivity index (χ4n) is 2.29. The number of pyridine rings is 1. The molecule has 6 heteroatoms. The number of nitrogens with zero attached hydrogens (tertiary/aromatic N) is 3. The van der Waals surface area contributed by atoms with Gasteiger partial charge in [0.1, 0.15) is 6.33 Å². The molecule has 102 valence electrons. The molecule has 0 radical (unpaired) electrons. The molecule has 0 unspecified atom stereocenters. The van der Waals surface area contributed by atoms with E-state index < -0.39 is 0 Å². The summed E-state index contributed by atoms with van der Waals surface area (Å²) in [6, 6.07) is 11.1. The lowest BCUT2D eigenvalue weighted by molar-refractivity contribution is 0.102. The molecule has 4 aromatic rings. The van der Waals surface area contributed by atoms with Gasteiger partial charge in [0, 0.05) is 23.5 Å². The second-order valence-electron chi connectivity index (χ2n) is 4.75. The molecule has 3 heterocycles. The van der Waals surface area contributed by atoms with Gasteiger partial charge < -0.3 is 10.3 Å². The lowest BCUT2D eigenvalue weighted by Gasteiger charge is -2.06. The van der Waals surface area contributed by atoms with E-state index in [-0.39, 0.29) is 5.91 Å². The zero-order valence-electron chi connectivity index (χ0n) is 10.9. The normalized spacial score (nSPS) is 11.0. The largest absolute Gasteiger partial charge is 0.361 e. The lowest BCUT2D eigenvalue weighted by atomic mass is 10.1. The van der Waals surface area contributed by atoms with Crippen molar-refractivity contribution in [3.05, 3.63) is 60.7 Å². The first-order chi connectivity index (χ1) is 10.3. The van der Waals surface area contributed by atoms with Crippen molar-refractivity contribution < 1.29 is 4.79 Å². The number of anilines is 1. The number of amides is 1. The highest BCUT2D eigenvalue weighted by atomic mass is 16.1. The Kier molecular flexibility index (Phi) is 2.47. The van der Waals surface area contributed by atoms with E-state index in [1.807, 2.05) is 30.5 Å². The van der Waals surface area contributed by atoms with Gasteiger partial charge in [-0.1, -0.05) is 6.07 Å². The number of hydrogen-bond acceptors (Lipinski definition) is 3. The summed E-state index contributed by atoms with van der Waals surface area (Å²) in [5, 5.41) is 11.7. The maximum Gasteiger partial charge on any atom is 0.255 e. The van der Waals surface area contributed by atoms with Crippen molar-refractivity contribution in [2.45, 2.75) is 0 Å². The number of benzene rings is 1. The van der Waals surface area contributed by atoms with Crippen LogP contribution in [0.1, 0.15) is 10.4 Å². The Bertz CT molecular complexity index is 953. The molecule has 0 spiro atoms. The van der Waals surface area contributed by atoms with Crippen molar-refractivity contribution in [1.29, 1.82) is 0 Å². The van der Waals surface area contributed by atoms with Crippen molar-refractivity contribution in [3.63, 3.8) is 0 Å². The number of H-pyrrole nitrogens is 1. The topological polar surface area (TPSA) is 75.1 Å². The summed E-state index contributed by atoms with van der Waals surface area (Å²) < 4.78 is 1.75. The Morgan fingerprint density at radius 3 is 3.10 bits per heavy atom. The van der Waals surface area contributed by atoms with Crippen LogP contribution in [-0.4, -0.2) is 25.5 Å². The van der Waals surface area contributed by atoms with E-state index in [1.165, 1.54) is 0 Å². The molecular formula is C15H11N5O. The predicted octanol–water partition coefficient (Wildman–Crippen LogP) is 2.46. The summed E-state index contributed by atoms with van der Waals surface area (Å²) >= 11 is 0. The minimum absolute atomic E-state index is 0.154.